The number of fused-ring (bicyclic) bond motifs is 1. The molecule has 63 heavy (non-hydrogen) atoms. The van der Waals surface area contributed by atoms with Crippen molar-refractivity contribution in [2.45, 2.75) is 57.6 Å². The van der Waals surface area contributed by atoms with E-state index >= 15 is 0 Å². The van der Waals surface area contributed by atoms with Crippen molar-refractivity contribution in [3.05, 3.63) is 160 Å². The second-order valence-corrected chi connectivity index (χ2v) is 16.1. The van der Waals surface area contributed by atoms with Gasteiger partial charge in [0.05, 0.1) is 11.2 Å². The Morgan fingerprint density at radius 1 is 0.778 bits per heavy atom. The van der Waals surface area contributed by atoms with Crippen molar-refractivity contribution in [2.75, 3.05) is 50.0 Å². The number of hydrogen-bond donors (Lipinski definition) is 5. The van der Waals surface area contributed by atoms with Gasteiger partial charge in [-0.3, -0.25) is 19.7 Å². The molecule has 0 spiro atoms. The summed E-state index contributed by atoms with van der Waals surface area (Å²) in [6, 6.07) is 40.4. The first kappa shape index (κ1) is 44.3. The zero-order valence-electron chi connectivity index (χ0n) is 35.8. The summed E-state index contributed by atoms with van der Waals surface area (Å²) in [5.74, 6) is 0.0661. The monoisotopic (exact) mass is 848 g/mol. The first-order chi connectivity index (χ1) is 30.7. The Balaban J connectivity index is 0.759. The highest BCUT2D eigenvalue weighted by atomic mass is 16.6. The van der Waals surface area contributed by atoms with Crippen LogP contribution in [0.25, 0.3) is 22.0 Å². The molecule has 0 aliphatic carbocycles. The molecule has 0 radical (unpaired) electrons. The third kappa shape index (κ3) is 12.7. The normalized spacial score (nSPS) is 13.1. The smallest absolute Gasteiger partial charge is 0.411 e. The third-order valence-electron chi connectivity index (χ3n) is 11.6. The highest BCUT2D eigenvalue weighted by molar-refractivity contribution is 5.93. The summed E-state index contributed by atoms with van der Waals surface area (Å²) in [6.45, 7) is 4.08. The number of carbonyl (C=O) groups excluding carboxylic acids is 3. The lowest BCUT2D eigenvalue weighted by Crippen LogP contribution is -2.40. The number of ether oxygens (including phenoxy) is 1. The highest BCUT2D eigenvalue weighted by Crippen LogP contribution is 2.28. The summed E-state index contributed by atoms with van der Waals surface area (Å²) in [7, 11) is 1.78. The molecule has 0 atom stereocenters. The largest absolute Gasteiger partial charge is 0.506 e. The fourth-order valence-corrected chi connectivity index (χ4v) is 7.99. The van der Waals surface area contributed by atoms with E-state index in [0.29, 0.717) is 56.4 Å². The lowest BCUT2D eigenvalue weighted by atomic mass is 10.0. The minimum Gasteiger partial charge on any atom is -0.506 e. The molecule has 12 heteroatoms. The first-order valence-electron chi connectivity index (χ1n) is 21.8. The Morgan fingerprint density at radius 3 is 2.30 bits per heavy atom. The predicted molar refractivity (Wildman–Crippen MR) is 249 cm³/mol. The number of nitrogens with one attached hydrogen (secondary N) is 4. The van der Waals surface area contributed by atoms with E-state index in [9.17, 15) is 24.3 Å². The maximum absolute atomic E-state index is 13.1. The van der Waals surface area contributed by atoms with Gasteiger partial charge >= 0.3 is 6.09 Å². The highest BCUT2D eigenvalue weighted by Gasteiger charge is 2.24. The topological polar surface area (TPSA) is 156 Å². The average molecular weight is 849 g/mol. The van der Waals surface area contributed by atoms with Crippen LogP contribution in [0.15, 0.2) is 132 Å². The van der Waals surface area contributed by atoms with Crippen molar-refractivity contribution in [3.8, 4) is 16.9 Å². The van der Waals surface area contributed by atoms with E-state index in [4.69, 9.17) is 4.74 Å². The van der Waals surface area contributed by atoms with Gasteiger partial charge in [-0.05, 0) is 103 Å². The number of hydrogen-bond acceptors (Lipinski definition) is 8. The molecule has 1 saturated heterocycles. The standard InChI is InChI=1S/C51H56N6O6/c1-56(49(61)28-33-57-31-26-42(27-32-57)63-51(62)54-45-13-6-5-12-43(45)39-10-3-2-4-11-39)41-18-14-38(15-19-41)35-53-47(59)22-16-36-8-7-9-37(34-36)24-29-52-30-25-40-17-21-46(58)50-44(40)20-23-48(60)55-50/h2-15,17-21,23,34,42,52,58H,16,22,24-33,35H2,1H3,(H,53,59)(H,54,62)(H,55,60). The average Bonchev–Trinajstić information content (AvgIpc) is 3.31. The van der Waals surface area contributed by atoms with Crippen molar-refractivity contribution >= 4 is 40.2 Å². The molecule has 3 amide bonds. The predicted octanol–water partition coefficient (Wildman–Crippen LogP) is 7.59. The van der Waals surface area contributed by atoms with E-state index < -0.39 is 6.09 Å². The van der Waals surface area contributed by atoms with E-state index in [1.54, 1.807) is 24.1 Å². The summed E-state index contributed by atoms with van der Waals surface area (Å²) in [6.07, 6.45) is 3.78. The summed E-state index contributed by atoms with van der Waals surface area (Å²) in [5.41, 5.74) is 8.00. The number of amides is 3. The SMILES string of the molecule is CN(C(=O)CCN1CCC(OC(=O)Nc2ccccc2-c2ccccc2)CC1)c1ccc(CNC(=O)CCc2cccc(CCNCCc3ccc(O)c4[nH]c(=O)ccc34)c2)cc1. The van der Waals surface area contributed by atoms with Crippen molar-refractivity contribution < 1.29 is 24.2 Å². The van der Waals surface area contributed by atoms with Crippen LogP contribution in [0.2, 0.25) is 0 Å². The Bertz CT molecular complexity index is 2530. The van der Waals surface area contributed by atoms with Crippen LogP contribution in [0, 0.1) is 0 Å². The zero-order chi connectivity index (χ0) is 44.0. The zero-order valence-corrected chi connectivity index (χ0v) is 35.8. The van der Waals surface area contributed by atoms with Crippen LogP contribution in [0.1, 0.15) is 47.9 Å². The number of likely N-dealkylation sites (tertiary alicyclic amines) is 1. The van der Waals surface area contributed by atoms with Crippen LogP contribution in [0.3, 0.4) is 0 Å². The minimum atomic E-state index is -0.460. The van der Waals surface area contributed by atoms with Crippen molar-refractivity contribution in [1.29, 1.82) is 0 Å². The fraction of sp³-hybridized carbons (Fsp3) is 0.294. The molecular formula is C51H56N6O6. The molecule has 5 aromatic carbocycles. The van der Waals surface area contributed by atoms with Crippen LogP contribution in [0.4, 0.5) is 16.2 Å². The molecule has 1 aliphatic heterocycles. The van der Waals surface area contributed by atoms with Gasteiger partial charge in [0.2, 0.25) is 17.4 Å². The molecule has 7 rings (SSSR count). The fourth-order valence-electron chi connectivity index (χ4n) is 7.99. The molecule has 0 unspecified atom stereocenters. The Labute approximate surface area is 368 Å². The summed E-state index contributed by atoms with van der Waals surface area (Å²) in [5, 5.41) is 20.4. The number of carbonyl (C=O) groups is 3. The quantitative estimate of drug-likeness (QED) is 0.0555. The van der Waals surface area contributed by atoms with Crippen molar-refractivity contribution in [1.82, 2.24) is 20.5 Å². The maximum Gasteiger partial charge on any atom is 0.411 e. The van der Waals surface area contributed by atoms with Gasteiger partial charge in [-0.15, -0.1) is 0 Å². The van der Waals surface area contributed by atoms with Gasteiger partial charge < -0.3 is 35.3 Å². The number of para-hydroxylation sites is 1. The second-order valence-electron chi connectivity index (χ2n) is 16.1. The molecule has 0 bridgehead atoms. The summed E-state index contributed by atoms with van der Waals surface area (Å²) >= 11 is 0. The number of benzene rings is 5. The molecule has 1 aromatic heterocycles. The van der Waals surface area contributed by atoms with Crippen LogP contribution < -0.4 is 26.4 Å². The van der Waals surface area contributed by atoms with Gasteiger partial charge in [-0.1, -0.05) is 91.0 Å². The molecule has 6 aromatic rings. The van der Waals surface area contributed by atoms with Gasteiger partial charge in [0.1, 0.15) is 11.9 Å². The first-order valence-corrected chi connectivity index (χ1v) is 21.8. The summed E-state index contributed by atoms with van der Waals surface area (Å²) < 4.78 is 5.78. The van der Waals surface area contributed by atoms with E-state index in [1.807, 2.05) is 91.0 Å². The Kier molecular flexibility index (Phi) is 15.4. The van der Waals surface area contributed by atoms with Crippen molar-refractivity contribution in [3.63, 3.8) is 0 Å². The molecule has 2 heterocycles. The summed E-state index contributed by atoms with van der Waals surface area (Å²) in [4.78, 5) is 57.0. The molecule has 1 aliphatic rings. The van der Waals surface area contributed by atoms with Crippen molar-refractivity contribution in [2.24, 2.45) is 0 Å². The number of aromatic hydroxyl groups is 1. The van der Waals surface area contributed by atoms with Gasteiger partial charge in [-0.25, -0.2) is 4.79 Å². The van der Waals surface area contributed by atoms with E-state index in [2.05, 4.69) is 44.0 Å². The molecule has 12 nitrogen and oxygen atoms in total. The molecule has 326 valence electrons. The number of aryl methyl sites for hydroxylation is 1. The number of phenolic OH excluding ortho intramolecular Hbond substituents is 1. The van der Waals surface area contributed by atoms with Crippen LogP contribution in [-0.4, -0.2) is 78.8 Å². The lowest BCUT2D eigenvalue weighted by molar-refractivity contribution is -0.121. The maximum atomic E-state index is 13.1. The van der Waals surface area contributed by atoms with Crippen LogP contribution in [0.5, 0.6) is 5.75 Å². The number of pyridine rings is 1. The van der Waals surface area contributed by atoms with Crippen LogP contribution >= 0.6 is 0 Å². The van der Waals surface area contributed by atoms with Gasteiger partial charge in [0.25, 0.3) is 0 Å². The number of H-pyrrole nitrogens is 1. The number of phenols is 1. The Hall–Kier alpha value is -6.76. The Morgan fingerprint density at radius 2 is 1.51 bits per heavy atom. The van der Waals surface area contributed by atoms with Gasteiger partial charge in [0.15, 0.2) is 0 Å². The number of piperidine rings is 1. The number of aromatic nitrogens is 1. The number of nitrogens with zero attached hydrogens (tertiary/aromatic N) is 2. The number of anilines is 2. The van der Waals surface area contributed by atoms with Gasteiger partial charge in [-0.2, -0.15) is 0 Å². The van der Waals surface area contributed by atoms with Crippen LogP contribution in [-0.2, 0) is 40.1 Å². The number of rotatable bonds is 18. The van der Waals surface area contributed by atoms with E-state index in [0.717, 1.165) is 77.9 Å². The molecule has 5 N–H and O–H groups in total. The number of aromatic amines is 1. The van der Waals surface area contributed by atoms with Gasteiger partial charge in [0, 0.05) is 68.8 Å². The lowest BCUT2D eigenvalue weighted by Gasteiger charge is -2.31. The third-order valence-corrected chi connectivity index (χ3v) is 11.6. The molecule has 1 fully saturated rings. The minimum absolute atomic E-state index is 0.0195. The van der Waals surface area contributed by atoms with E-state index in [1.165, 1.54) is 11.6 Å². The second kappa shape index (κ2) is 21.9. The van der Waals surface area contributed by atoms with E-state index in [-0.39, 0.29) is 29.2 Å². The molecular weight excluding hydrogens is 793 g/mol. The molecule has 0 saturated carbocycles.